The first kappa shape index (κ1) is 12.3. The lowest BCUT2D eigenvalue weighted by atomic mass is 10.1. The predicted molar refractivity (Wildman–Crippen MR) is 73.4 cm³/mol. The quantitative estimate of drug-likeness (QED) is 0.875. The molecule has 0 spiro atoms. The van der Waals surface area contributed by atoms with Gasteiger partial charge in [-0.1, -0.05) is 29.8 Å². The molecule has 0 aliphatic rings. The molecule has 0 aliphatic carbocycles. The number of nitrogens with zero attached hydrogens (tertiary/aromatic N) is 1. The van der Waals surface area contributed by atoms with Crippen LogP contribution in [0.15, 0.2) is 35.2 Å². The minimum atomic E-state index is 0.397. The molecule has 1 N–H and O–H groups in total. The van der Waals surface area contributed by atoms with E-state index in [0.29, 0.717) is 6.04 Å². The minimum absolute atomic E-state index is 0.397. The average molecular weight is 246 g/mol. The maximum Gasteiger partial charge on any atom is 0.0794 e. The molecular formula is C14H18N2S. The molecule has 17 heavy (non-hydrogen) atoms. The third-order valence-corrected chi connectivity index (χ3v) is 3.53. The highest BCUT2D eigenvalue weighted by molar-refractivity contribution is 7.07. The van der Waals surface area contributed by atoms with Gasteiger partial charge in [0.25, 0.3) is 0 Å². The van der Waals surface area contributed by atoms with Gasteiger partial charge in [-0.25, -0.2) is 4.98 Å². The number of rotatable bonds is 5. The molecule has 3 heteroatoms. The molecule has 2 rings (SSSR count). The van der Waals surface area contributed by atoms with Gasteiger partial charge in [-0.2, -0.15) is 0 Å². The highest BCUT2D eigenvalue weighted by atomic mass is 32.1. The van der Waals surface area contributed by atoms with E-state index in [1.165, 1.54) is 16.8 Å². The fourth-order valence-electron chi connectivity index (χ4n) is 1.75. The SMILES string of the molecule is Cc1ccc(C(C)NCCc2cscn2)cc1. The number of aryl methyl sites for hydroxylation is 1. The van der Waals surface area contributed by atoms with Crippen molar-refractivity contribution in [3.05, 3.63) is 52.0 Å². The third-order valence-electron chi connectivity index (χ3n) is 2.89. The molecule has 0 bridgehead atoms. The fraction of sp³-hybridized carbons (Fsp3) is 0.357. The molecule has 0 amide bonds. The number of aromatic nitrogens is 1. The Kier molecular flexibility index (Phi) is 4.29. The summed E-state index contributed by atoms with van der Waals surface area (Å²) < 4.78 is 0. The highest BCUT2D eigenvalue weighted by Gasteiger charge is 2.04. The van der Waals surface area contributed by atoms with Gasteiger partial charge in [0.15, 0.2) is 0 Å². The summed E-state index contributed by atoms with van der Waals surface area (Å²) in [7, 11) is 0. The van der Waals surface area contributed by atoms with Crippen LogP contribution in [0.2, 0.25) is 0 Å². The zero-order chi connectivity index (χ0) is 12.1. The van der Waals surface area contributed by atoms with Gasteiger partial charge in [0.2, 0.25) is 0 Å². The third kappa shape index (κ3) is 3.65. The van der Waals surface area contributed by atoms with Gasteiger partial charge in [0, 0.05) is 24.4 Å². The lowest BCUT2D eigenvalue weighted by Gasteiger charge is -2.13. The Hall–Kier alpha value is -1.19. The number of benzene rings is 1. The van der Waals surface area contributed by atoms with Crippen LogP contribution in [0.25, 0.3) is 0 Å². The van der Waals surface area contributed by atoms with Gasteiger partial charge in [-0.3, -0.25) is 0 Å². The smallest absolute Gasteiger partial charge is 0.0794 e. The van der Waals surface area contributed by atoms with Crippen LogP contribution in [0.5, 0.6) is 0 Å². The summed E-state index contributed by atoms with van der Waals surface area (Å²) in [5.74, 6) is 0. The molecule has 1 aromatic heterocycles. The van der Waals surface area contributed by atoms with Gasteiger partial charge in [-0.15, -0.1) is 11.3 Å². The summed E-state index contributed by atoms with van der Waals surface area (Å²) in [4.78, 5) is 4.28. The predicted octanol–water partition coefficient (Wildman–Crippen LogP) is 3.34. The number of thiazole rings is 1. The van der Waals surface area contributed by atoms with Crippen molar-refractivity contribution in [2.24, 2.45) is 0 Å². The van der Waals surface area contributed by atoms with E-state index in [4.69, 9.17) is 0 Å². The van der Waals surface area contributed by atoms with E-state index in [-0.39, 0.29) is 0 Å². The summed E-state index contributed by atoms with van der Waals surface area (Å²) in [6.07, 6.45) is 1.000. The van der Waals surface area contributed by atoms with E-state index in [0.717, 1.165) is 13.0 Å². The van der Waals surface area contributed by atoms with Crippen LogP contribution in [-0.4, -0.2) is 11.5 Å². The number of hydrogen-bond acceptors (Lipinski definition) is 3. The summed E-state index contributed by atoms with van der Waals surface area (Å²) in [5, 5.41) is 5.63. The van der Waals surface area contributed by atoms with Crippen molar-refractivity contribution in [1.29, 1.82) is 0 Å². The largest absolute Gasteiger partial charge is 0.310 e. The van der Waals surface area contributed by atoms with Crippen molar-refractivity contribution in [1.82, 2.24) is 10.3 Å². The molecule has 2 aromatic rings. The molecule has 90 valence electrons. The second-order valence-electron chi connectivity index (χ2n) is 4.32. The van der Waals surface area contributed by atoms with Crippen molar-refractivity contribution in [2.45, 2.75) is 26.3 Å². The van der Waals surface area contributed by atoms with Crippen LogP contribution < -0.4 is 5.32 Å². The van der Waals surface area contributed by atoms with Gasteiger partial charge < -0.3 is 5.32 Å². The van der Waals surface area contributed by atoms with Crippen LogP contribution in [0, 0.1) is 6.92 Å². The topological polar surface area (TPSA) is 24.9 Å². The maximum absolute atomic E-state index is 4.28. The fourth-order valence-corrected chi connectivity index (χ4v) is 2.34. The van der Waals surface area contributed by atoms with Gasteiger partial charge in [0.1, 0.15) is 0 Å². The molecule has 1 heterocycles. The molecule has 1 unspecified atom stereocenters. The standard InChI is InChI=1S/C14H18N2S/c1-11-3-5-13(6-4-11)12(2)15-8-7-14-9-17-10-16-14/h3-6,9-10,12,15H,7-8H2,1-2H3. The molecular weight excluding hydrogens is 228 g/mol. The lowest BCUT2D eigenvalue weighted by molar-refractivity contribution is 0.574. The Morgan fingerprint density at radius 1 is 1.29 bits per heavy atom. The summed E-state index contributed by atoms with van der Waals surface area (Å²) in [5.41, 5.74) is 5.72. The van der Waals surface area contributed by atoms with E-state index in [1.54, 1.807) is 11.3 Å². The van der Waals surface area contributed by atoms with Crippen LogP contribution in [0.1, 0.15) is 29.8 Å². The summed E-state index contributed by atoms with van der Waals surface area (Å²) >= 11 is 1.66. The molecule has 2 nitrogen and oxygen atoms in total. The van der Waals surface area contributed by atoms with Crippen LogP contribution in [0.4, 0.5) is 0 Å². The molecule has 0 fully saturated rings. The monoisotopic (exact) mass is 246 g/mol. The second-order valence-corrected chi connectivity index (χ2v) is 5.03. The molecule has 0 saturated carbocycles. The summed E-state index contributed by atoms with van der Waals surface area (Å²) in [6, 6.07) is 9.10. The Bertz CT molecular complexity index is 434. The van der Waals surface area contributed by atoms with Gasteiger partial charge in [0.05, 0.1) is 11.2 Å². The van der Waals surface area contributed by atoms with Crippen LogP contribution in [0.3, 0.4) is 0 Å². The van der Waals surface area contributed by atoms with E-state index < -0.39 is 0 Å². The van der Waals surface area contributed by atoms with E-state index in [9.17, 15) is 0 Å². The first-order valence-electron chi connectivity index (χ1n) is 5.93. The Labute approximate surface area is 107 Å². The van der Waals surface area contributed by atoms with Gasteiger partial charge in [-0.05, 0) is 19.4 Å². The normalized spacial score (nSPS) is 12.6. The zero-order valence-electron chi connectivity index (χ0n) is 10.3. The van der Waals surface area contributed by atoms with E-state index in [1.807, 2.05) is 5.51 Å². The second kappa shape index (κ2) is 5.94. The average Bonchev–Trinajstić information content (AvgIpc) is 2.83. The van der Waals surface area contributed by atoms with Crippen LogP contribution >= 0.6 is 11.3 Å². The van der Waals surface area contributed by atoms with Crippen molar-refractivity contribution >= 4 is 11.3 Å². The number of nitrogens with one attached hydrogen (secondary N) is 1. The van der Waals surface area contributed by atoms with Crippen LogP contribution in [-0.2, 0) is 6.42 Å². The van der Waals surface area contributed by atoms with E-state index >= 15 is 0 Å². The first-order chi connectivity index (χ1) is 8.25. The molecule has 0 saturated heterocycles. The van der Waals surface area contributed by atoms with Crippen molar-refractivity contribution < 1.29 is 0 Å². The minimum Gasteiger partial charge on any atom is -0.310 e. The maximum atomic E-state index is 4.28. The molecule has 0 aliphatic heterocycles. The molecule has 1 atom stereocenters. The molecule has 0 radical (unpaired) electrons. The molecule has 1 aromatic carbocycles. The van der Waals surface area contributed by atoms with E-state index in [2.05, 4.69) is 53.8 Å². The Morgan fingerprint density at radius 2 is 2.06 bits per heavy atom. The Morgan fingerprint density at radius 3 is 2.71 bits per heavy atom. The zero-order valence-corrected chi connectivity index (χ0v) is 11.1. The highest BCUT2D eigenvalue weighted by Crippen LogP contribution is 2.13. The first-order valence-corrected chi connectivity index (χ1v) is 6.87. The van der Waals surface area contributed by atoms with Crippen molar-refractivity contribution in [3.63, 3.8) is 0 Å². The number of hydrogen-bond donors (Lipinski definition) is 1. The summed E-state index contributed by atoms with van der Waals surface area (Å²) in [6.45, 7) is 5.29. The van der Waals surface area contributed by atoms with Crippen molar-refractivity contribution in [3.8, 4) is 0 Å². The lowest BCUT2D eigenvalue weighted by Crippen LogP contribution is -2.21. The van der Waals surface area contributed by atoms with Gasteiger partial charge >= 0.3 is 0 Å². The Balaban J connectivity index is 1.81. The van der Waals surface area contributed by atoms with Crippen molar-refractivity contribution in [2.75, 3.05) is 6.54 Å².